The van der Waals surface area contributed by atoms with E-state index in [1.165, 1.54) is 6.42 Å². The molecule has 1 rings (SSSR count). The highest BCUT2D eigenvalue weighted by atomic mass is 16.5. The second-order valence-electron chi connectivity index (χ2n) is 6.14. The molecule has 5 heteroatoms. The summed E-state index contributed by atoms with van der Waals surface area (Å²) in [6.45, 7) is 5.06. The van der Waals surface area contributed by atoms with Crippen LogP contribution in [0.2, 0.25) is 0 Å². The summed E-state index contributed by atoms with van der Waals surface area (Å²) in [7, 11) is 1.76. The van der Waals surface area contributed by atoms with Crippen LogP contribution in [0.5, 0.6) is 0 Å². The average molecular weight is 301 g/mol. The first-order chi connectivity index (χ1) is 10.0. The Balaban J connectivity index is 2.17. The van der Waals surface area contributed by atoms with Gasteiger partial charge in [0.05, 0.1) is 12.2 Å². The third kappa shape index (κ3) is 6.32. The van der Waals surface area contributed by atoms with E-state index in [2.05, 4.69) is 5.32 Å². The molecule has 21 heavy (non-hydrogen) atoms. The molecule has 0 saturated heterocycles. The molecule has 1 fully saturated rings. The van der Waals surface area contributed by atoms with Crippen LogP contribution in [0.15, 0.2) is 0 Å². The molecule has 2 N–H and O–H groups in total. The van der Waals surface area contributed by atoms with Gasteiger partial charge < -0.3 is 19.9 Å². The van der Waals surface area contributed by atoms with E-state index in [0.717, 1.165) is 32.1 Å². The molecule has 0 bridgehead atoms. The average Bonchev–Trinajstić information content (AvgIpc) is 2.47. The standard InChI is InChI=1S/C16H31NO4/c1-4-17-16(2,15(18)19)10-5-6-11-21-14-9-7-8-13(12-14)20-3/h13-14,17H,4-12H2,1-3H3,(H,18,19). The van der Waals surface area contributed by atoms with Crippen molar-refractivity contribution >= 4 is 5.97 Å². The third-order valence-corrected chi connectivity index (χ3v) is 4.37. The van der Waals surface area contributed by atoms with Crippen LogP contribution in [-0.4, -0.2) is 49.1 Å². The number of nitrogens with one attached hydrogen (secondary N) is 1. The van der Waals surface area contributed by atoms with Crippen molar-refractivity contribution < 1.29 is 19.4 Å². The van der Waals surface area contributed by atoms with Crippen LogP contribution >= 0.6 is 0 Å². The summed E-state index contributed by atoms with van der Waals surface area (Å²) >= 11 is 0. The number of hydrogen-bond donors (Lipinski definition) is 2. The van der Waals surface area contributed by atoms with E-state index in [9.17, 15) is 9.90 Å². The van der Waals surface area contributed by atoms with Crippen LogP contribution in [0.4, 0.5) is 0 Å². The first-order valence-corrected chi connectivity index (χ1v) is 8.14. The zero-order valence-electron chi connectivity index (χ0n) is 13.7. The highest BCUT2D eigenvalue weighted by Crippen LogP contribution is 2.23. The zero-order valence-corrected chi connectivity index (χ0v) is 13.7. The Labute approximate surface area is 128 Å². The van der Waals surface area contributed by atoms with Gasteiger partial charge in [0.15, 0.2) is 0 Å². The maximum Gasteiger partial charge on any atom is 0.323 e. The van der Waals surface area contributed by atoms with Crippen LogP contribution in [0, 0.1) is 0 Å². The van der Waals surface area contributed by atoms with Crippen LogP contribution < -0.4 is 5.32 Å². The summed E-state index contributed by atoms with van der Waals surface area (Å²) in [5.41, 5.74) is -0.819. The molecule has 5 nitrogen and oxygen atoms in total. The predicted molar refractivity (Wildman–Crippen MR) is 82.6 cm³/mol. The van der Waals surface area contributed by atoms with E-state index < -0.39 is 11.5 Å². The number of hydrogen-bond acceptors (Lipinski definition) is 4. The van der Waals surface area contributed by atoms with Gasteiger partial charge in [0.25, 0.3) is 0 Å². The van der Waals surface area contributed by atoms with Gasteiger partial charge in [0, 0.05) is 13.7 Å². The molecule has 1 saturated carbocycles. The minimum atomic E-state index is -0.819. The Hall–Kier alpha value is -0.650. The largest absolute Gasteiger partial charge is 0.480 e. The van der Waals surface area contributed by atoms with E-state index in [1.54, 1.807) is 14.0 Å². The number of carboxylic acids is 1. The summed E-state index contributed by atoms with van der Waals surface area (Å²) in [6.07, 6.45) is 7.45. The van der Waals surface area contributed by atoms with Crippen molar-refractivity contribution in [1.29, 1.82) is 0 Å². The Morgan fingerprint density at radius 1 is 1.33 bits per heavy atom. The minimum Gasteiger partial charge on any atom is -0.480 e. The van der Waals surface area contributed by atoms with Gasteiger partial charge in [-0.25, -0.2) is 0 Å². The van der Waals surface area contributed by atoms with Crippen molar-refractivity contribution in [2.75, 3.05) is 20.3 Å². The first kappa shape index (κ1) is 18.4. The van der Waals surface area contributed by atoms with Crippen molar-refractivity contribution in [2.45, 2.75) is 76.5 Å². The molecule has 0 aromatic rings. The molecule has 124 valence electrons. The topological polar surface area (TPSA) is 67.8 Å². The second kappa shape index (κ2) is 9.38. The molecular weight excluding hydrogens is 270 g/mol. The summed E-state index contributed by atoms with van der Waals surface area (Å²) in [5, 5.41) is 12.3. The van der Waals surface area contributed by atoms with Crippen molar-refractivity contribution in [3.8, 4) is 0 Å². The van der Waals surface area contributed by atoms with Gasteiger partial charge in [-0.15, -0.1) is 0 Å². The van der Waals surface area contributed by atoms with Gasteiger partial charge in [-0.05, 0) is 58.4 Å². The highest BCUT2D eigenvalue weighted by molar-refractivity contribution is 5.78. The molecule has 0 aromatic heterocycles. The van der Waals surface area contributed by atoms with Crippen LogP contribution in [0.3, 0.4) is 0 Å². The highest BCUT2D eigenvalue weighted by Gasteiger charge is 2.31. The van der Waals surface area contributed by atoms with Crippen molar-refractivity contribution in [3.05, 3.63) is 0 Å². The molecule has 3 unspecified atom stereocenters. The van der Waals surface area contributed by atoms with Gasteiger partial charge in [0.2, 0.25) is 0 Å². The van der Waals surface area contributed by atoms with Gasteiger partial charge in [-0.3, -0.25) is 4.79 Å². The minimum absolute atomic E-state index is 0.309. The normalized spacial score (nSPS) is 25.5. The number of carbonyl (C=O) groups is 1. The number of ether oxygens (including phenoxy) is 2. The number of likely N-dealkylation sites (N-methyl/N-ethyl adjacent to an activating group) is 1. The Morgan fingerprint density at radius 3 is 2.67 bits per heavy atom. The number of methoxy groups -OCH3 is 1. The fraction of sp³-hybridized carbons (Fsp3) is 0.938. The van der Waals surface area contributed by atoms with Gasteiger partial charge in [0.1, 0.15) is 5.54 Å². The van der Waals surface area contributed by atoms with E-state index in [1.807, 2.05) is 6.92 Å². The lowest BCUT2D eigenvalue weighted by molar-refractivity contribution is -0.144. The smallest absolute Gasteiger partial charge is 0.323 e. The van der Waals surface area contributed by atoms with Crippen LogP contribution in [0.25, 0.3) is 0 Å². The molecule has 0 radical (unpaired) electrons. The lowest BCUT2D eigenvalue weighted by Gasteiger charge is -2.28. The number of aliphatic carboxylic acids is 1. The van der Waals surface area contributed by atoms with Gasteiger partial charge in [-0.2, -0.15) is 0 Å². The summed E-state index contributed by atoms with van der Waals surface area (Å²) in [4.78, 5) is 11.3. The fourth-order valence-corrected chi connectivity index (χ4v) is 2.96. The Kier molecular flexibility index (Phi) is 8.22. The molecule has 3 atom stereocenters. The molecule has 0 spiro atoms. The molecule has 0 heterocycles. The summed E-state index contributed by atoms with van der Waals surface area (Å²) in [5.74, 6) is -0.777. The van der Waals surface area contributed by atoms with E-state index in [4.69, 9.17) is 9.47 Å². The zero-order chi connectivity index (χ0) is 15.7. The van der Waals surface area contributed by atoms with E-state index in [-0.39, 0.29) is 0 Å². The van der Waals surface area contributed by atoms with Gasteiger partial charge in [-0.1, -0.05) is 6.92 Å². The predicted octanol–water partition coefficient (Wildman–Crippen LogP) is 2.58. The van der Waals surface area contributed by atoms with Gasteiger partial charge >= 0.3 is 5.97 Å². The summed E-state index contributed by atoms with van der Waals surface area (Å²) < 4.78 is 11.3. The third-order valence-electron chi connectivity index (χ3n) is 4.37. The van der Waals surface area contributed by atoms with Crippen molar-refractivity contribution in [1.82, 2.24) is 5.32 Å². The van der Waals surface area contributed by atoms with E-state index in [0.29, 0.717) is 31.8 Å². The number of rotatable bonds is 10. The molecular formula is C16H31NO4. The quantitative estimate of drug-likeness (QED) is 0.607. The fourth-order valence-electron chi connectivity index (χ4n) is 2.96. The number of unbranched alkanes of at least 4 members (excludes halogenated alkanes) is 1. The molecule has 0 aliphatic heterocycles. The van der Waals surface area contributed by atoms with E-state index >= 15 is 0 Å². The lowest BCUT2D eigenvalue weighted by atomic mass is 9.94. The second-order valence-corrected chi connectivity index (χ2v) is 6.14. The number of carboxylic acid groups (broad SMARTS) is 1. The maximum absolute atomic E-state index is 11.3. The maximum atomic E-state index is 11.3. The SMILES string of the molecule is CCNC(C)(CCCCOC1CCCC(OC)C1)C(=O)O. The first-order valence-electron chi connectivity index (χ1n) is 8.14. The molecule has 0 amide bonds. The van der Waals surface area contributed by atoms with Crippen LogP contribution in [-0.2, 0) is 14.3 Å². The van der Waals surface area contributed by atoms with Crippen LogP contribution in [0.1, 0.15) is 58.8 Å². The lowest BCUT2D eigenvalue weighted by Crippen LogP contribution is -2.49. The monoisotopic (exact) mass is 301 g/mol. The Bertz CT molecular complexity index is 311. The van der Waals surface area contributed by atoms with Crippen molar-refractivity contribution in [3.63, 3.8) is 0 Å². The van der Waals surface area contributed by atoms with Crippen molar-refractivity contribution in [2.24, 2.45) is 0 Å². The molecule has 1 aliphatic carbocycles. The molecule has 0 aromatic carbocycles. The summed E-state index contributed by atoms with van der Waals surface area (Å²) in [6, 6.07) is 0. The Morgan fingerprint density at radius 2 is 2.05 bits per heavy atom. The molecule has 1 aliphatic rings.